The van der Waals surface area contributed by atoms with E-state index in [1.54, 1.807) is 0 Å². The number of esters is 1. The molecule has 0 bridgehead atoms. The molecule has 0 radical (unpaired) electrons. The van der Waals surface area contributed by atoms with Crippen LogP contribution in [0.3, 0.4) is 0 Å². The van der Waals surface area contributed by atoms with E-state index in [1.807, 2.05) is 21.1 Å². The first-order chi connectivity index (χ1) is 18.1. The molecular formula is C33H65NO4. The molecule has 0 aliphatic rings. The van der Waals surface area contributed by atoms with Gasteiger partial charge in [-0.15, -0.1) is 0 Å². The smallest absolute Gasteiger partial charge is 0.306 e. The Hall–Kier alpha value is -1.10. The van der Waals surface area contributed by atoms with Gasteiger partial charge >= 0.3 is 5.97 Å². The molecule has 226 valence electrons. The lowest BCUT2D eigenvalue weighted by Crippen LogP contribution is -2.45. The Balaban J connectivity index is 3.52. The Kier molecular flexibility index (Phi) is 24.2. The molecular weight excluding hydrogens is 474 g/mol. The monoisotopic (exact) mass is 539 g/mol. The van der Waals surface area contributed by atoms with Crippen molar-refractivity contribution >= 4 is 11.9 Å². The minimum absolute atomic E-state index is 0.241. The summed E-state index contributed by atoms with van der Waals surface area (Å²) in [6.07, 6.45) is 28.2. The van der Waals surface area contributed by atoms with Gasteiger partial charge in [0.15, 0.2) is 6.10 Å². The molecule has 5 heteroatoms. The number of carboxylic acid groups (broad SMARTS) is 1. The average Bonchev–Trinajstić information content (AvgIpc) is 2.81. The van der Waals surface area contributed by atoms with Crippen LogP contribution in [0, 0.1) is 5.92 Å². The van der Waals surface area contributed by atoms with Crippen LogP contribution in [-0.2, 0) is 14.3 Å². The molecule has 0 fully saturated rings. The van der Waals surface area contributed by atoms with Gasteiger partial charge in [-0.1, -0.05) is 149 Å². The van der Waals surface area contributed by atoms with Crippen molar-refractivity contribution in [2.24, 2.45) is 5.92 Å². The average molecular weight is 540 g/mol. The Morgan fingerprint density at radius 2 is 1.00 bits per heavy atom. The molecule has 0 saturated heterocycles. The number of ether oxygens (including phenoxy) is 1. The topological polar surface area (TPSA) is 66.4 Å². The van der Waals surface area contributed by atoms with Gasteiger partial charge in [0.1, 0.15) is 6.54 Å². The van der Waals surface area contributed by atoms with E-state index in [1.165, 1.54) is 122 Å². The summed E-state index contributed by atoms with van der Waals surface area (Å²) < 4.78 is 6.02. The molecule has 0 N–H and O–H groups in total. The quantitative estimate of drug-likeness (QED) is 0.0574. The summed E-state index contributed by atoms with van der Waals surface area (Å²) in [5, 5.41) is 11.0. The van der Waals surface area contributed by atoms with Crippen LogP contribution in [0.2, 0.25) is 0 Å². The Labute approximate surface area is 237 Å². The molecule has 0 amide bonds. The lowest BCUT2D eigenvalue weighted by atomic mass is 9.98. The number of carbonyl (C=O) groups is 2. The highest BCUT2D eigenvalue weighted by molar-refractivity contribution is 5.71. The Morgan fingerprint density at radius 3 is 1.34 bits per heavy atom. The van der Waals surface area contributed by atoms with Crippen LogP contribution in [0.25, 0.3) is 0 Å². The maximum absolute atomic E-state index is 12.3. The van der Waals surface area contributed by atoms with Crippen molar-refractivity contribution < 1.29 is 23.9 Å². The van der Waals surface area contributed by atoms with Crippen molar-refractivity contribution in [2.75, 3.05) is 27.7 Å². The van der Waals surface area contributed by atoms with Crippen molar-refractivity contribution in [2.45, 2.75) is 168 Å². The summed E-state index contributed by atoms with van der Waals surface area (Å²) in [6.45, 7) is 4.84. The highest BCUT2D eigenvalue weighted by Gasteiger charge is 2.23. The van der Waals surface area contributed by atoms with Crippen LogP contribution in [-0.4, -0.2) is 50.2 Å². The van der Waals surface area contributed by atoms with Gasteiger partial charge in [-0.2, -0.15) is 0 Å². The number of rotatable bonds is 28. The third kappa shape index (κ3) is 27.9. The second-order valence-corrected chi connectivity index (χ2v) is 13.0. The van der Waals surface area contributed by atoms with Crippen LogP contribution in [0.15, 0.2) is 0 Å². The van der Waals surface area contributed by atoms with Crippen molar-refractivity contribution in [3.8, 4) is 0 Å². The number of quaternary nitrogens is 1. The molecule has 0 aromatic heterocycles. The van der Waals surface area contributed by atoms with E-state index in [4.69, 9.17) is 4.74 Å². The fraction of sp³-hybridized carbons (Fsp3) is 0.939. The maximum atomic E-state index is 12.3. The summed E-state index contributed by atoms with van der Waals surface area (Å²) in [7, 11) is 5.87. The number of nitrogens with zero attached hydrogens (tertiary/aromatic N) is 1. The molecule has 0 aromatic carbocycles. The van der Waals surface area contributed by atoms with Gasteiger partial charge in [-0.05, 0) is 5.92 Å². The van der Waals surface area contributed by atoms with E-state index in [2.05, 4.69) is 13.8 Å². The highest BCUT2D eigenvalue weighted by atomic mass is 16.5. The molecule has 38 heavy (non-hydrogen) atoms. The van der Waals surface area contributed by atoms with E-state index in [0.29, 0.717) is 17.4 Å². The number of likely N-dealkylation sites (N-methyl/N-ethyl adjacent to an activating group) is 1. The molecule has 0 heterocycles. The summed E-state index contributed by atoms with van der Waals surface area (Å²) in [5.41, 5.74) is 0. The maximum Gasteiger partial charge on any atom is 0.306 e. The number of carboxylic acids is 1. The molecule has 0 rings (SSSR count). The summed E-state index contributed by atoms with van der Waals surface area (Å²) >= 11 is 0. The molecule has 0 spiro atoms. The molecule has 0 aromatic rings. The van der Waals surface area contributed by atoms with Gasteiger partial charge in [0.05, 0.1) is 21.1 Å². The molecule has 0 aliphatic carbocycles. The Morgan fingerprint density at radius 1 is 0.632 bits per heavy atom. The normalized spacial score (nSPS) is 13.4. The number of carbonyl (C=O) groups excluding carboxylic acids is 2. The van der Waals surface area contributed by atoms with Crippen molar-refractivity contribution in [3.05, 3.63) is 0 Å². The van der Waals surface area contributed by atoms with E-state index in [9.17, 15) is 14.7 Å². The first-order valence-electron chi connectivity index (χ1n) is 16.3. The zero-order valence-corrected chi connectivity index (χ0v) is 26.2. The van der Waals surface area contributed by atoms with Crippen molar-refractivity contribution in [1.82, 2.24) is 0 Å². The molecule has 5 nitrogen and oxygen atoms in total. The standard InChI is InChI=1S/C33H65NO4/c1-6-7-8-9-10-11-12-13-14-15-16-17-18-19-20-21-22-23-24-25-26-30(2)27-33(37)38-31(28-32(35)36)29-34(3,4)5/h30-31H,6-29H2,1-5H3. The predicted molar refractivity (Wildman–Crippen MR) is 159 cm³/mol. The van der Waals surface area contributed by atoms with Crippen LogP contribution in [0.5, 0.6) is 0 Å². The fourth-order valence-electron chi connectivity index (χ4n) is 5.31. The van der Waals surface area contributed by atoms with Gasteiger partial charge in [-0.3, -0.25) is 4.79 Å². The SMILES string of the molecule is CCCCCCCCCCCCCCCCCCCCCCC(C)CC(=O)OC(CC(=O)[O-])C[N+](C)(C)C. The lowest BCUT2D eigenvalue weighted by Gasteiger charge is -2.29. The Bertz CT molecular complexity index is 558. The zero-order valence-electron chi connectivity index (χ0n) is 26.2. The third-order valence-corrected chi connectivity index (χ3v) is 7.51. The summed E-state index contributed by atoms with van der Waals surface area (Å²) in [5.74, 6) is -1.19. The predicted octanol–water partition coefficient (Wildman–Crippen LogP) is 7.98. The van der Waals surface area contributed by atoms with Crippen LogP contribution < -0.4 is 5.11 Å². The molecule has 0 aliphatic heterocycles. The number of hydrogen-bond acceptors (Lipinski definition) is 4. The lowest BCUT2D eigenvalue weighted by molar-refractivity contribution is -0.873. The molecule has 2 unspecified atom stereocenters. The zero-order chi connectivity index (χ0) is 28.5. The van der Waals surface area contributed by atoms with E-state index < -0.39 is 12.1 Å². The third-order valence-electron chi connectivity index (χ3n) is 7.51. The number of aliphatic carboxylic acids is 1. The minimum atomic E-state index is -1.17. The van der Waals surface area contributed by atoms with E-state index >= 15 is 0 Å². The van der Waals surface area contributed by atoms with Gasteiger partial charge < -0.3 is 19.1 Å². The van der Waals surface area contributed by atoms with Crippen LogP contribution >= 0.6 is 0 Å². The van der Waals surface area contributed by atoms with E-state index in [0.717, 1.165) is 12.8 Å². The minimum Gasteiger partial charge on any atom is -0.550 e. The first-order valence-corrected chi connectivity index (χ1v) is 16.3. The molecule has 0 saturated carbocycles. The van der Waals surface area contributed by atoms with Crippen LogP contribution in [0.1, 0.15) is 162 Å². The molecule has 2 atom stereocenters. The highest BCUT2D eigenvalue weighted by Crippen LogP contribution is 2.18. The number of hydrogen-bond donors (Lipinski definition) is 0. The number of unbranched alkanes of at least 4 members (excludes halogenated alkanes) is 19. The van der Waals surface area contributed by atoms with Crippen LogP contribution in [0.4, 0.5) is 0 Å². The van der Waals surface area contributed by atoms with Crippen molar-refractivity contribution in [1.29, 1.82) is 0 Å². The van der Waals surface area contributed by atoms with E-state index in [-0.39, 0.29) is 18.3 Å². The van der Waals surface area contributed by atoms with Gasteiger partial charge in [0.25, 0.3) is 0 Å². The van der Waals surface area contributed by atoms with Crippen molar-refractivity contribution in [3.63, 3.8) is 0 Å². The fourth-order valence-corrected chi connectivity index (χ4v) is 5.31. The summed E-state index contributed by atoms with van der Waals surface area (Å²) in [6, 6.07) is 0. The van der Waals surface area contributed by atoms with Gasteiger partial charge in [0, 0.05) is 18.8 Å². The summed E-state index contributed by atoms with van der Waals surface area (Å²) in [4.78, 5) is 23.3. The first kappa shape index (κ1) is 36.9. The largest absolute Gasteiger partial charge is 0.550 e. The van der Waals surface area contributed by atoms with Gasteiger partial charge in [-0.25, -0.2) is 0 Å². The second kappa shape index (κ2) is 24.9. The second-order valence-electron chi connectivity index (χ2n) is 13.0. The van der Waals surface area contributed by atoms with Gasteiger partial charge in [0.2, 0.25) is 0 Å².